The van der Waals surface area contributed by atoms with Crippen molar-refractivity contribution in [3.8, 4) is 0 Å². The van der Waals surface area contributed by atoms with Crippen molar-refractivity contribution < 1.29 is 13.9 Å². The van der Waals surface area contributed by atoms with Crippen LogP contribution in [0.3, 0.4) is 0 Å². The van der Waals surface area contributed by atoms with Crippen molar-refractivity contribution in [3.05, 3.63) is 40.3 Å². The molecule has 0 aromatic carbocycles. The van der Waals surface area contributed by atoms with E-state index in [-0.39, 0.29) is 6.61 Å². The number of aromatic nitrogens is 1. The van der Waals surface area contributed by atoms with Crippen LogP contribution in [0, 0.1) is 5.82 Å². The number of azide groups is 1. The predicted molar refractivity (Wildman–Crippen MR) is 74.8 cm³/mol. The zero-order valence-electron chi connectivity index (χ0n) is 12.0. The number of esters is 1. The molecule has 0 fully saturated rings. The lowest BCUT2D eigenvalue weighted by molar-refractivity contribution is -0.151. The second kappa shape index (κ2) is 8.18. The van der Waals surface area contributed by atoms with Crippen LogP contribution in [0.5, 0.6) is 0 Å². The van der Waals surface area contributed by atoms with Gasteiger partial charge in [0.05, 0.1) is 18.5 Å². The largest absolute Gasteiger partial charge is 0.464 e. The van der Waals surface area contributed by atoms with Crippen LogP contribution in [0.1, 0.15) is 26.0 Å². The maximum atomic E-state index is 13.0. The summed E-state index contributed by atoms with van der Waals surface area (Å²) in [4.78, 5) is 18.8. The van der Waals surface area contributed by atoms with E-state index in [0.29, 0.717) is 25.2 Å². The first-order valence-corrected chi connectivity index (χ1v) is 6.59. The van der Waals surface area contributed by atoms with E-state index in [4.69, 9.17) is 10.3 Å². The van der Waals surface area contributed by atoms with Gasteiger partial charge in [-0.15, -0.1) is 0 Å². The van der Waals surface area contributed by atoms with Crippen molar-refractivity contribution in [2.45, 2.75) is 25.8 Å². The summed E-state index contributed by atoms with van der Waals surface area (Å²) in [6.07, 6.45) is 1.61. The molecule has 1 aromatic heterocycles. The number of hydrogen-bond donors (Lipinski definition) is 1. The number of pyridine rings is 1. The molecular formula is C13H18FN5O2. The Bertz CT molecular complexity index is 516. The average Bonchev–Trinajstić information content (AvgIpc) is 2.47. The van der Waals surface area contributed by atoms with E-state index in [0.717, 1.165) is 6.20 Å². The third kappa shape index (κ3) is 4.70. The molecule has 114 valence electrons. The van der Waals surface area contributed by atoms with Crippen LogP contribution in [0.25, 0.3) is 10.4 Å². The molecule has 1 atom stereocenters. The number of ether oxygens (including phenoxy) is 1. The molecule has 21 heavy (non-hydrogen) atoms. The second-order valence-corrected chi connectivity index (χ2v) is 4.44. The molecule has 1 rings (SSSR count). The zero-order chi connectivity index (χ0) is 15.7. The van der Waals surface area contributed by atoms with Gasteiger partial charge < -0.3 is 4.74 Å². The minimum absolute atomic E-state index is 0.232. The smallest absolute Gasteiger partial charge is 0.332 e. The Hall–Kier alpha value is -2.18. The normalized spacial score (nSPS) is 13.1. The number of hydrogen-bond acceptors (Lipinski definition) is 5. The summed E-state index contributed by atoms with van der Waals surface area (Å²) in [5, 5.41) is 6.45. The zero-order valence-corrected chi connectivity index (χ0v) is 12.0. The first kappa shape index (κ1) is 16.9. The number of carbonyl (C=O) groups excluding carboxylic acids is 1. The van der Waals surface area contributed by atoms with E-state index in [1.54, 1.807) is 13.8 Å². The lowest BCUT2D eigenvalue weighted by atomic mass is 9.96. The van der Waals surface area contributed by atoms with E-state index in [2.05, 4.69) is 20.3 Å². The van der Waals surface area contributed by atoms with Gasteiger partial charge in [0.25, 0.3) is 0 Å². The third-order valence-electron chi connectivity index (χ3n) is 2.90. The quantitative estimate of drug-likeness (QED) is 0.261. The fourth-order valence-electron chi connectivity index (χ4n) is 1.75. The summed E-state index contributed by atoms with van der Waals surface area (Å²) in [6.45, 7) is 4.31. The van der Waals surface area contributed by atoms with Gasteiger partial charge in [0, 0.05) is 11.5 Å². The van der Waals surface area contributed by atoms with Gasteiger partial charge in [0.1, 0.15) is 5.82 Å². The van der Waals surface area contributed by atoms with Gasteiger partial charge in [-0.05, 0) is 44.5 Å². The van der Waals surface area contributed by atoms with Gasteiger partial charge >= 0.3 is 5.97 Å². The Balaban J connectivity index is 2.86. The van der Waals surface area contributed by atoms with Gasteiger partial charge in [-0.3, -0.25) is 10.3 Å². The summed E-state index contributed by atoms with van der Waals surface area (Å²) in [7, 11) is 0. The van der Waals surface area contributed by atoms with Gasteiger partial charge in [0.15, 0.2) is 5.54 Å². The minimum Gasteiger partial charge on any atom is -0.464 e. The van der Waals surface area contributed by atoms with E-state index in [9.17, 15) is 9.18 Å². The molecule has 0 radical (unpaired) electrons. The monoisotopic (exact) mass is 295 g/mol. The topological polar surface area (TPSA) is 100.0 Å². The van der Waals surface area contributed by atoms with Crippen molar-refractivity contribution >= 4 is 5.97 Å². The van der Waals surface area contributed by atoms with Crippen molar-refractivity contribution in [2.24, 2.45) is 5.11 Å². The van der Waals surface area contributed by atoms with E-state index in [1.165, 1.54) is 12.1 Å². The molecule has 0 aliphatic carbocycles. The van der Waals surface area contributed by atoms with Crippen LogP contribution in [-0.2, 0) is 15.1 Å². The molecule has 1 unspecified atom stereocenters. The summed E-state index contributed by atoms with van der Waals surface area (Å²) in [5.74, 6) is -0.971. The van der Waals surface area contributed by atoms with Crippen molar-refractivity contribution in [3.63, 3.8) is 0 Å². The van der Waals surface area contributed by atoms with Gasteiger partial charge in [-0.1, -0.05) is 5.11 Å². The molecule has 1 N–H and O–H groups in total. The Labute approximate surface area is 122 Å². The summed E-state index contributed by atoms with van der Waals surface area (Å²) < 4.78 is 18.0. The third-order valence-corrected chi connectivity index (χ3v) is 2.90. The molecule has 8 heteroatoms. The predicted octanol–water partition coefficient (Wildman–Crippen LogP) is 2.29. The van der Waals surface area contributed by atoms with Crippen molar-refractivity contribution in [1.82, 2.24) is 10.3 Å². The number of carbonyl (C=O) groups is 1. The maximum absolute atomic E-state index is 13.0. The molecule has 1 aromatic rings. The first-order chi connectivity index (χ1) is 10.0. The first-order valence-electron chi connectivity index (χ1n) is 6.59. The Morgan fingerprint density at radius 2 is 2.38 bits per heavy atom. The molecule has 0 spiro atoms. The van der Waals surface area contributed by atoms with Gasteiger partial charge in [-0.2, -0.15) is 0 Å². The van der Waals surface area contributed by atoms with E-state index >= 15 is 0 Å². The molecule has 0 amide bonds. The number of nitrogens with zero attached hydrogens (tertiary/aromatic N) is 4. The number of rotatable bonds is 8. The fourth-order valence-corrected chi connectivity index (χ4v) is 1.75. The molecule has 0 aliphatic heterocycles. The fraction of sp³-hybridized carbons (Fsp3) is 0.538. The maximum Gasteiger partial charge on any atom is 0.332 e. The highest BCUT2D eigenvalue weighted by molar-refractivity contribution is 5.81. The van der Waals surface area contributed by atoms with Crippen LogP contribution in [0.2, 0.25) is 0 Å². The molecule has 1 heterocycles. The van der Waals surface area contributed by atoms with E-state index in [1.807, 2.05) is 0 Å². The highest BCUT2D eigenvalue weighted by Crippen LogP contribution is 2.21. The van der Waals surface area contributed by atoms with E-state index < -0.39 is 17.3 Å². The van der Waals surface area contributed by atoms with Gasteiger partial charge in [-0.25, -0.2) is 9.18 Å². The molecule has 0 bridgehead atoms. The van der Waals surface area contributed by atoms with Crippen LogP contribution in [0.4, 0.5) is 4.39 Å². The SMILES string of the molecule is CCOC(=O)C(C)(NCCCN=[N+]=[N-])c1ccc(F)cn1. The van der Waals surface area contributed by atoms with Gasteiger partial charge in [0.2, 0.25) is 0 Å². The number of halogens is 1. The lowest BCUT2D eigenvalue weighted by Gasteiger charge is -2.28. The lowest BCUT2D eigenvalue weighted by Crippen LogP contribution is -2.48. The average molecular weight is 295 g/mol. The van der Waals surface area contributed by atoms with Crippen LogP contribution in [0.15, 0.2) is 23.4 Å². The van der Waals surface area contributed by atoms with Crippen molar-refractivity contribution in [2.75, 3.05) is 19.7 Å². The summed E-state index contributed by atoms with van der Waals surface area (Å²) in [5.41, 5.74) is 7.39. The number of nitrogens with one attached hydrogen (secondary N) is 1. The summed E-state index contributed by atoms with van der Waals surface area (Å²) >= 11 is 0. The minimum atomic E-state index is -1.18. The van der Waals surface area contributed by atoms with Crippen LogP contribution >= 0.6 is 0 Å². The molecule has 0 aliphatic rings. The molecular weight excluding hydrogens is 277 g/mol. The molecule has 0 saturated heterocycles. The summed E-state index contributed by atoms with van der Waals surface area (Å²) in [6, 6.07) is 2.67. The molecule has 0 saturated carbocycles. The van der Waals surface area contributed by atoms with Crippen LogP contribution in [-0.4, -0.2) is 30.6 Å². The molecule has 7 nitrogen and oxygen atoms in total. The second-order valence-electron chi connectivity index (χ2n) is 4.44. The standard InChI is InChI=1S/C13H18FN5O2/c1-3-21-12(20)13(2,17-7-4-8-18-19-15)11-6-5-10(14)9-16-11/h5-6,9,17H,3-4,7-8H2,1-2H3. The van der Waals surface area contributed by atoms with Crippen molar-refractivity contribution in [1.29, 1.82) is 0 Å². The Kier molecular flexibility index (Phi) is 6.58. The van der Waals surface area contributed by atoms with Crippen LogP contribution < -0.4 is 5.32 Å². The Morgan fingerprint density at radius 3 is 2.95 bits per heavy atom. The highest BCUT2D eigenvalue weighted by Gasteiger charge is 2.37. The highest BCUT2D eigenvalue weighted by atomic mass is 19.1. The Morgan fingerprint density at radius 1 is 1.62 bits per heavy atom.